The van der Waals surface area contributed by atoms with E-state index in [-0.39, 0.29) is 5.82 Å². The third kappa shape index (κ3) is 1.71. The molecule has 78 valence electrons. The van der Waals surface area contributed by atoms with Crippen molar-refractivity contribution in [3.05, 3.63) is 33.7 Å². The smallest absolute Gasteiger partial charge is 0.192 e. The van der Waals surface area contributed by atoms with E-state index < -0.39 is 5.82 Å². The summed E-state index contributed by atoms with van der Waals surface area (Å²) in [6.07, 6.45) is 0. The van der Waals surface area contributed by atoms with E-state index >= 15 is 0 Å². The molecule has 0 aliphatic heterocycles. The van der Waals surface area contributed by atoms with Crippen molar-refractivity contribution >= 4 is 28.4 Å². The third-order valence-electron chi connectivity index (χ3n) is 2.16. The van der Waals surface area contributed by atoms with Crippen LogP contribution >= 0.6 is 22.6 Å². The first-order chi connectivity index (χ1) is 7.11. The largest absolute Gasteiger partial charge is 0.381 e. The van der Waals surface area contributed by atoms with Crippen molar-refractivity contribution in [3.8, 4) is 11.3 Å². The second-order valence-corrected chi connectivity index (χ2v) is 4.31. The van der Waals surface area contributed by atoms with Crippen LogP contribution in [0.15, 0.2) is 24.3 Å². The van der Waals surface area contributed by atoms with Gasteiger partial charge in [-0.2, -0.15) is 5.10 Å². The van der Waals surface area contributed by atoms with Crippen LogP contribution in [0, 0.1) is 9.39 Å². The number of nitrogens with two attached hydrogens (primary N) is 1. The Morgan fingerprint density at radius 3 is 2.60 bits per heavy atom. The summed E-state index contributed by atoms with van der Waals surface area (Å²) in [5.74, 6) is -0.397. The number of aromatic nitrogens is 2. The first kappa shape index (κ1) is 10.4. The molecule has 0 saturated carbocycles. The second kappa shape index (κ2) is 3.80. The maximum Gasteiger partial charge on any atom is 0.192 e. The van der Waals surface area contributed by atoms with Gasteiger partial charge in [0.15, 0.2) is 11.6 Å². The molecule has 0 bridgehead atoms. The van der Waals surface area contributed by atoms with Gasteiger partial charge < -0.3 is 5.73 Å². The van der Waals surface area contributed by atoms with E-state index in [2.05, 4.69) is 27.7 Å². The second-order valence-electron chi connectivity index (χ2n) is 3.15. The van der Waals surface area contributed by atoms with Gasteiger partial charge in [0.05, 0.1) is 0 Å². The lowest BCUT2D eigenvalue weighted by Gasteiger charge is -1.99. The normalized spacial score (nSPS) is 10.6. The molecule has 1 aromatic heterocycles. The zero-order chi connectivity index (χ0) is 11.0. The Labute approximate surface area is 100 Å². The highest BCUT2D eigenvalue weighted by Gasteiger charge is 2.16. The molecule has 0 saturated heterocycles. The molecule has 0 radical (unpaired) electrons. The van der Waals surface area contributed by atoms with Crippen molar-refractivity contribution in [1.82, 2.24) is 9.78 Å². The topological polar surface area (TPSA) is 43.8 Å². The lowest BCUT2D eigenvalue weighted by atomic mass is 10.1. The molecule has 1 aromatic carbocycles. The number of hydrogen-bond acceptors (Lipinski definition) is 2. The fourth-order valence-electron chi connectivity index (χ4n) is 1.34. The van der Waals surface area contributed by atoms with Gasteiger partial charge in [0.2, 0.25) is 0 Å². The molecular formula is C10H9FIN3. The van der Waals surface area contributed by atoms with Gasteiger partial charge in [0.25, 0.3) is 0 Å². The Morgan fingerprint density at radius 2 is 2.07 bits per heavy atom. The summed E-state index contributed by atoms with van der Waals surface area (Å²) >= 11 is 2.14. The molecule has 0 aliphatic carbocycles. The van der Waals surface area contributed by atoms with Gasteiger partial charge in [0, 0.05) is 16.2 Å². The number of hydrogen-bond donors (Lipinski definition) is 1. The molecule has 0 aliphatic rings. The van der Waals surface area contributed by atoms with Gasteiger partial charge in [-0.05, 0) is 28.7 Å². The summed E-state index contributed by atoms with van der Waals surface area (Å²) in [7, 11) is 1.62. The molecular weight excluding hydrogens is 308 g/mol. The van der Waals surface area contributed by atoms with Crippen molar-refractivity contribution in [2.24, 2.45) is 7.05 Å². The summed E-state index contributed by atoms with van der Waals surface area (Å²) in [4.78, 5) is 0. The average molecular weight is 317 g/mol. The average Bonchev–Trinajstić information content (AvgIpc) is 2.47. The number of nitrogens with zero attached hydrogens (tertiary/aromatic N) is 2. The maximum atomic E-state index is 13.7. The lowest BCUT2D eigenvalue weighted by molar-refractivity contribution is 0.634. The van der Waals surface area contributed by atoms with Gasteiger partial charge >= 0.3 is 0 Å². The quantitative estimate of drug-likeness (QED) is 0.821. The van der Waals surface area contributed by atoms with Gasteiger partial charge in [0.1, 0.15) is 5.69 Å². The third-order valence-corrected chi connectivity index (χ3v) is 3.10. The maximum absolute atomic E-state index is 13.7. The van der Waals surface area contributed by atoms with E-state index in [1.807, 2.05) is 24.3 Å². The monoisotopic (exact) mass is 317 g/mol. The van der Waals surface area contributed by atoms with Crippen molar-refractivity contribution in [2.45, 2.75) is 0 Å². The Kier molecular flexibility index (Phi) is 2.64. The number of anilines is 1. The van der Waals surface area contributed by atoms with Crippen molar-refractivity contribution in [2.75, 3.05) is 5.73 Å². The fourth-order valence-corrected chi connectivity index (χ4v) is 1.98. The number of aryl methyl sites for hydroxylation is 1. The number of nitrogen functional groups attached to an aromatic ring is 1. The van der Waals surface area contributed by atoms with Crippen molar-refractivity contribution < 1.29 is 4.39 Å². The molecule has 0 unspecified atom stereocenters. The van der Waals surface area contributed by atoms with Gasteiger partial charge in [-0.3, -0.25) is 0 Å². The minimum atomic E-state index is -0.457. The molecule has 2 aromatic rings. The van der Waals surface area contributed by atoms with E-state index in [0.717, 1.165) is 9.13 Å². The molecule has 3 nitrogen and oxygen atoms in total. The van der Waals surface area contributed by atoms with E-state index in [9.17, 15) is 4.39 Å². The van der Waals surface area contributed by atoms with Gasteiger partial charge in [-0.15, -0.1) is 0 Å². The minimum Gasteiger partial charge on any atom is -0.381 e. The molecule has 0 amide bonds. The standard InChI is InChI=1S/C10H9FIN3/c1-15-10(13)8(11)9(14-15)6-4-2-3-5-7(6)12/h2-5H,13H2,1H3. The predicted octanol–water partition coefficient (Wildman–Crippen LogP) is 2.41. The van der Waals surface area contributed by atoms with Crippen LogP contribution in [0.4, 0.5) is 10.2 Å². The van der Waals surface area contributed by atoms with Crippen LogP contribution in [0.1, 0.15) is 0 Å². The summed E-state index contributed by atoms with van der Waals surface area (Å²) in [5, 5.41) is 4.05. The zero-order valence-corrected chi connectivity index (χ0v) is 10.2. The number of benzene rings is 1. The SMILES string of the molecule is Cn1nc(-c2ccccc2I)c(F)c1N. The molecule has 0 fully saturated rings. The molecule has 5 heteroatoms. The van der Waals surface area contributed by atoms with Crippen LogP contribution in [0.3, 0.4) is 0 Å². The van der Waals surface area contributed by atoms with Crippen molar-refractivity contribution in [1.29, 1.82) is 0 Å². The molecule has 2 rings (SSSR count). The van der Waals surface area contributed by atoms with Crippen LogP contribution in [-0.4, -0.2) is 9.78 Å². The summed E-state index contributed by atoms with van der Waals surface area (Å²) in [5.41, 5.74) is 6.59. The highest BCUT2D eigenvalue weighted by atomic mass is 127. The summed E-state index contributed by atoms with van der Waals surface area (Å²) in [6.45, 7) is 0. The first-order valence-electron chi connectivity index (χ1n) is 4.34. The van der Waals surface area contributed by atoms with E-state index in [4.69, 9.17) is 5.73 Å². The summed E-state index contributed by atoms with van der Waals surface area (Å²) < 4.78 is 16.0. The molecule has 15 heavy (non-hydrogen) atoms. The van der Waals surface area contributed by atoms with Gasteiger partial charge in [-0.1, -0.05) is 18.2 Å². The lowest BCUT2D eigenvalue weighted by Crippen LogP contribution is -1.97. The van der Waals surface area contributed by atoms with E-state index in [1.54, 1.807) is 7.05 Å². The minimum absolute atomic E-state index is 0.0599. The Bertz CT molecular complexity index is 507. The zero-order valence-electron chi connectivity index (χ0n) is 8.04. The Balaban J connectivity index is 2.65. The van der Waals surface area contributed by atoms with E-state index in [1.165, 1.54) is 4.68 Å². The van der Waals surface area contributed by atoms with E-state index in [0.29, 0.717) is 5.69 Å². The molecule has 1 heterocycles. The number of rotatable bonds is 1. The van der Waals surface area contributed by atoms with Crippen LogP contribution < -0.4 is 5.73 Å². The fraction of sp³-hybridized carbons (Fsp3) is 0.100. The Morgan fingerprint density at radius 1 is 1.40 bits per heavy atom. The highest BCUT2D eigenvalue weighted by molar-refractivity contribution is 14.1. The highest BCUT2D eigenvalue weighted by Crippen LogP contribution is 2.28. The Hall–Kier alpha value is -1.11. The van der Waals surface area contributed by atoms with Crippen LogP contribution in [-0.2, 0) is 7.05 Å². The van der Waals surface area contributed by atoms with Crippen molar-refractivity contribution in [3.63, 3.8) is 0 Å². The predicted molar refractivity (Wildman–Crippen MR) is 65.7 cm³/mol. The van der Waals surface area contributed by atoms with Crippen LogP contribution in [0.25, 0.3) is 11.3 Å². The molecule has 0 atom stereocenters. The summed E-state index contributed by atoms with van der Waals surface area (Å²) in [6, 6.07) is 7.48. The molecule has 2 N–H and O–H groups in total. The first-order valence-corrected chi connectivity index (χ1v) is 5.42. The van der Waals surface area contributed by atoms with Gasteiger partial charge in [-0.25, -0.2) is 9.07 Å². The van der Waals surface area contributed by atoms with Crippen LogP contribution in [0.5, 0.6) is 0 Å². The van der Waals surface area contributed by atoms with Crippen LogP contribution in [0.2, 0.25) is 0 Å². The number of halogens is 2. The molecule has 0 spiro atoms.